The van der Waals surface area contributed by atoms with Gasteiger partial charge >= 0.3 is 6.09 Å². The van der Waals surface area contributed by atoms with Gasteiger partial charge in [0, 0.05) is 44.2 Å². The molecule has 1 aromatic carbocycles. The molecule has 1 aliphatic carbocycles. The highest BCUT2D eigenvalue weighted by atomic mass is 32.2. The third-order valence-electron chi connectivity index (χ3n) is 8.74. The van der Waals surface area contributed by atoms with Crippen molar-refractivity contribution >= 4 is 54.0 Å². The quantitative estimate of drug-likeness (QED) is 0.352. The number of halogens is 2. The van der Waals surface area contributed by atoms with Gasteiger partial charge in [-0.2, -0.15) is 19.4 Å². The number of carbonyl (C=O) groups is 1. The maximum absolute atomic E-state index is 13.7. The molecule has 1 saturated carbocycles. The highest BCUT2D eigenvalue weighted by Gasteiger charge is 2.47. The van der Waals surface area contributed by atoms with Crippen LogP contribution in [-0.2, 0) is 31.8 Å². The van der Waals surface area contributed by atoms with Crippen LogP contribution in [0.2, 0.25) is 0 Å². The Kier molecular flexibility index (Phi) is 9.10. The van der Waals surface area contributed by atoms with Crippen LogP contribution < -0.4 is 4.72 Å². The van der Waals surface area contributed by atoms with Crippen LogP contribution in [0.15, 0.2) is 23.1 Å². The Morgan fingerprint density at radius 2 is 1.84 bits per heavy atom. The predicted molar refractivity (Wildman–Crippen MR) is 176 cm³/mol. The number of amides is 1. The lowest BCUT2D eigenvalue weighted by molar-refractivity contribution is 0.0216. The fourth-order valence-corrected chi connectivity index (χ4v) is 10.0. The van der Waals surface area contributed by atoms with Crippen molar-refractivity contribution in [2.45, 2.75) is 80.6 Å². The maximum Gasteiger partial charge on any atom is 0.410 e. The van der Waals surface area contributed by atoms with Gasteiger partial charge in [0.25, 0.3) is 6.43 Å². The summed E-state index contributed by atoms with van der Waals surface area (Å²) in [6.45, 7) is 5.99. The summed E-state index contributed by atoms with van der Waals surface area (Å²) < 4.78 is 92.2. The molecule has 3 aliphatic rings. The first-order valence-electron chi connectivity index (χ1n) is 15.7. The van der Waals surface area contributed by atoms with Gasteiger partial charge in [0.2, 0.25) is 20.0 Å². The Morgan fingerprint density at radius 3 is 2.39 bits per heavy atom. The van der Waals surface area contributed by atoms with Crippen molar-refractivity contribution in [2.24, 2.45) is 7.05 Å². The molecule has 0 radical (unpaired) electrons. The van der Waals surface area contributed by atoms with E-state index in [4.69, 9.17) is 4.74 Å². The summed E-state index contributed by atoms with van der Waals surface area (Å²) in [5.74, 6) is 0. The van der Waals surface area contributed by atoms with Gasteiger partial charge in [-0.3, -0.25) is 4.68 Å². The molecule has 2 aromatic heterocycles. The van der Waals surface area contributed by atoms with E-state index in [1.165, 1.54) is 26.0 Å². The number of nitriles is 1. The number of aromatic nitrogens is 4. The lowest BCUT2D eigenvalue weighted by Gasteiger charge is -2.36. The monoisotopic (exact) mass is 738 g/mol. The molecule has 0 atom stereocenters. The van der Waals surface area contributed by atoms with Gasteiger partial charge in [0.1, 0.15) is 16.8 Å². The summed E-state index contributed by atoms with van der Waals surface area (Å²) >= 11 is 0.648. The van der Waals surface area contributed by atoms with E-state index in [-0.39, 0.29) is 61.0 Å². The highest BCUT2D eigenvalue weighted by molar-refractivity contribution is 7.90. The number of rotatable bonds is 8. The molecule has 4 heterocycles. The van der Waals surface area contributed by atoms with Crippen molar-refractivity contribution in [2.75, 3.05) is 26.2 Å². The van der Waals surface area contributed by atoms with E-state index in [0.29, 0.717) is 46.2 Å². The average molecular weight is 739 g/mol. The SMILES string of the molecule is Cn1nc(-c2nnc(C(F)F)s2)c2cc(S(=O)(=O)NC3(C#N)CC3)cc(C3=CCN(S(=O)(=O)C4CCN(C(=O)OC(C)(C)C)CC4)CC3)c21. The number of nitrogens with zero attached hydrogens (tertiary/aromatic N) is 7. The fraction of sp³-hybridized carbons (Fsp3) is 0.567. The molecule has 1 amide bonds. The largest absolute Gasteiger partial charge is 0.444 e. The number of piperidine rings is 1. The van der Waals surface area contributed by atoms with Gasteiger partial charge in [-0.05, 0) is 70.6 Å². The van der Waals surface area contributed by atoms with E-state index in [0.717, 1.165) is 0 Å². The first kappa shape index (κ1) is 35.3. The van der Waals surface area contributed by atoms with Gasteiger partial charge in [0.05, 0.1) is 21.7 Å². The summed E-state index contributed by atoms with van der Waals surface area (Å²) in [4.78, 5) is 13.8. The smallest absolute Gasteiger partial charge is 0.410 e. The molecule has 0 spiro atoms. The Hall–Kier alpha value is -3.57. The van der Waals surface area contributed by atoms with Crippen molar-refractivity contribution < 1.29 is 35.1 Å². The van der Waals surface area contributed by atoms with Gasteiger partial charge in [0.15, 0.2) is 10.0 Å². The Bertz CT molecular complexity index is 2090. The molecule has 1 N–H and O–H groups in total. The van der Waals surface area contributed by atoms with Crippen LogP contribution in [0.4, 0.5) is 13.6 Å². The maximum atomic E-state index is 13.7. The first-order chi connectivity index (χ1) is 22.9. The lowest BCUT2D eigenvalue weighted by atomic mass is 9.97. The summed E-state index contributed by atoms with van der Waals surface area (Å²) in [5.41, 5.74) is -0.0376. The summed E-state index contributed by atoms with van der Waals surface area (Å²) in [5, 5.41) is 20.7. The molecule has 14 nitrogen and oxygen atoms in total. The molecule has 0 bridgehead atoms. The Balaban J connectivity index is 1.31. The zero-order valence-electron chi connectivity index (χ0n) is 27.3. The van der Waals surface area contributed by atoms with Crippen LogP contribution in [-0.4, -0.2) is 94.7 Å². The van der Waals surface area contributed by atoms with Crippen LogP contribution >= 0.6 is 11.3 Å². The van der Waals surface area contributed by atoms with Crippen molar-refractivity contribution in [3.8, 4) is 16.8 Å². The van der Waals surface area contributed by atoms with Crippen LogP contribution in [0, 0.1) is 11.3 Å². The molecule has 19 heteroatoms. The molecule has 3 aromatic rings. The van der Waals surface area contributed by atoms with Gasteiger partial charge in [-0.15, -0.1) is 10.2 Å². The van der Waals surface area contributed by atoms with E-state index in [2.05, 4.69) is 20.0 Å². The number of nitrogens with one attached hydrogen (secondary N) is 1. The molecule has 2 aliphatic heterocycles. The summed E-state index contributed by atoms with van der Waals surface area (Å²) in [6, 6.07) is 4.87. The number of benzene rings is 1. The van der Waals surface area contributed by atoms with Gasteiger partial charge < -0.3 is 9.64 Å². The number of carbonyl (C=O) groups excluding carboxylic acids is 1. The molecule has 2 fully saturated rings. The molecule has 264 valence electrons. The highest BCUT2D eigenvalue weighted by Crippen LogP contribution is 2.40. The van der Waals surface area contributed by atoms with E-state index in [9.17, 15) is 35.7 Å². The minimum Gasteiger partial charge on any atom is -0.444 e. The number of aryl methyl sites for hydroxylation is 1. The standard InChI is InChI=1S/C30H36F2N8O6S3/c1-29(2,3)46-28(41)39-11-7-19(8-12-39)49(44,45)40-13-5-18(6-14-40)21-15-20(48(42,43)37-30(17-33)9-10-30)16-22-23(36-38(4)24(21)22)26-34-35-27(47-26)25(31)32/h5,15-16,19,25,37H,6-14H2,1-4H3. The zero-order chi connectivity index (χ0) is 35.5. The third-order valence-corrected chi connectivity index (χ3v) is 13.6. The normalized spacial score (nSPS) is 19.2. The first-order valence-corrected chi connectivity index (χ1v) is 19.5. The number of fused-ring (bicyclic) bond motifs is 1. The second-order valence-corrected chi connectivity index (χ2v) is 18.3. The minimum atomic E-state index is -4.22. The molecular weight excluding hydrogens is 703 g/mol. The van der Waals surface area contributed by atoms with E-state index >= 15 is 0 Å². The minimum absolute atomic E-state index is 0.0388. The van der Waals surface area contributed by atoms with Gasteiger partial charge in [-0.25, -0.2) is 30.4 Å². The third kappa shape index (κ3) is 7.06. The van der Waals surface area contributed by atoms with Crippen molar-refractivity contribution in [3.63, 3.8) is 0 Å². The molecular formula is C30H36F2N8O6S3. The van der Waals surface area contributed by atoms with Crippen molar-refractivity contribution in [1.29, 1.82) is 5.26 Å². The van der Waals surface area contributed by atoms with E-state index in [1.54, 1.807) is 33.9 Å². The second kappa shape index (κ2) is 12.6. The van der Waals surface area contributed by atoms with Crippen LogP contribution in [0.5, 0.6) is 0 Å². The molecule has 0 unspecified atom stereocenters. The number of hydrogen-bond donors (Lipinski definition) is 1. The zero-order valence-corrected chi connectivity index (χ0v) is 29.8. The van der Waals surface area contributed by atoms with Crippen LogP contribution in [0.1, 0.15) is 69.9 Å². The number of ether oxygens (including phenoxy) is 1. The average Bonchev–Trinajstić information content (AvgIpc) is 3.47. The number of likely N-dealkylation sites (tertiary alicyclic amines) is 1. The fourth-order valence-electron chi connectivity index (χ4n) is 6.04. The van der Waals surface area contributed by atoms with E-state index < -0.39 is 54.0 Å². The topological polar surface area (TPSA) is 180 Å². The molecule has 6 rings (SSSR count). The number of sulfonamides is 2. The molecule has 49 heavy (non-hydrogen) atoms. The van der Waals surface area contributed by atoms with E-state index in [1.807, 2.05) is 6.07 Å². The Morgan fingerprint density at radius 1 is 1.14 bits per heavy atom. The Labute approximate surface area is 286 Å². The van der Waals surface area contributed by atoms with Crippen LogP contribution in [0.25, 0.3) is 27.2 Å². The number of hydrogen-bond acceptors (Lipinski definition) is 11. The lowest BCUT2D eigenvalue weighted by Crippen LogP contribution is -2.48. The summed E-state index contributed by atoms with van der Waals surface area (Å²) in [7, 11) is -6.31. The second-order valence-electron chi connectivity index (χ2n) is 13.4. The summed E-state index contributed by atoms with van der Waals surface area (Å²) in [6.07, 6.45) is -0.0652. The van der Waals surface area contributed by atoms with Crippen molar-refractivity contribution in [1.82, 2.24) is 33.9 Å². The van der Waals surface area contributed by atoms with Crippen molar-refractivity contribution in [3.05, 3.63) is 28.8 Å². The van der Waals surface area contributed by atoms with Crippen LogP contribution in [0.3, 0.4) is 0 Å². The number of alkyl halides is 2. The molecule has 1 saturated heterocycles. The predicted octanol–water partition coefficient (Wildman–Crippen LogP) is 4.18. The van der Waals surface area contributed by atoms with Gasteiger partial charge in [-0.1, -0.05) is 17.4 Å².